The van der Waals surface area contributed by atoms with E-state index in [9.17, 15) is 0 Å². The summed E-state index contributed by atoms with van der Waals surface area (Å²) in [5.41, 5.74) is 1.45. The van der Waals surface area contributed by atoms with Crippen molar-refractivity contribution in [2.75, 3.05) is 0 Å². The van der Waals surface area contributed by atoms with Gasteiger partial charge < -0.3 is 0 Å². The van der Waals surface area contributed by atoms with E-state index in [1.54, 1.807) is 0 Å². The highest BCUT2D eigenvalue weighted by molar-refractivity contribution is 9.10. The highest BCUT2D eigenvalue weighted by Crippen LogP contribution is 2.27. The fraction of sp³-hybridized carbons (Fsp3) is 0.286. The number of benzene rings is 2. The van der Waals surface area contributed by atoms with E-state index < -0.39 is 0 Å². The Bertz CT molecular complexity index is 460. The van der Waals surface area contributed by atoms with Gasteiger partial charge in [0.05, 0.1) is 0 Å². The molecule has 0 aromatic heterocycles. The van der Waals surface area contributed by atoms with Crippen LogP contribution in [0.3, 0.4) is 0 Å². The van der Waals surface area contributed by atoms with Gasteiger partial charge in [-0.25, -0.2) is 0 Å². The lowest BCUT2D eigenvalue weighted by Crippen LogP contribution is -1.89. The van der Waals surface area contributed by atoms with Gasteiger partial charge in [-0.1, -0.05) is 59.6 Å². The molecule has 0 aliphatic carbocycles. The standard InChI is InChI=1S/C14H15Br/c1-2-3-7-13-12-8-5-4-6-11(12)9-10-14(13)15/h4-6,8-10H,2-3,7H2,1H3. The topological polar surface area (TPSA) is 0 Å². The second kappa shape index (κ2) is 4.80. The minimum Gasteiger partial charge on any atom is -0.0654 e. The third-order valence-electron chi connectivity index (χ3n) is 2.76. The molecule has 0 saturated carbocycles. The van der Waals surface area contributed by atoms with E-state index in [1.165, 1.54) is 40.1 Å². The summed E-state index contributed by atoms with van der Waals surface area (Å²) < 4.78 is 1.25. The lowest BCUT2D eigenvalue weighted by atomic mass is 10.0. The monoisotopic (exact) mass is 262 g/mol. The molecule has 0 aliphatic heterocycles. The van der Waals surface area contributed by atoms with Gasteiger partial charge in [-0.2, -0.15) is 0 Å². The van der Waals surface area contributed by atoms with Gasteiger partial charge in [0, 0.05) is 4.47 Å². The Morgan fingerprint density at radius 2 is 1.87 bits per heavy atom. The molecule has 2 rings (SSSR count). The summed E-state index contributed by atoms with van der Waals surface area (Å²) >= 11 is 3.65. The lowest BCUT2D eigenvalue weighted by molar-refractivity contribution is 0.797. The molecule has 0 bridgehead atoms. The molecule has 0 aliphatic rings. The fourth-order valence-corrected chi connectivity index (χ4v) is 2.46. The first kappa shape index (κ1) is 10.7. The van der Waals surface area contributed by atoms with Crippen molar-refractivity contribution < 1.29 is 0 Å². The Morgan fingerprint density at radius 3 is 2.67 bits per heavy atom. The maximum absolute atomic E-state index is 3.65. The van der Waals surface area contributed by atoms with Crippen LogP contribution in [-0.2, 0) is 6.42 Å². The van der Waals surface area contributed by atoms with Crippen LogP contribution in [0, 0.1) is 0 Å². The minimum atomic E-state index is 1.17. The first-order chi connectivity index (χ1) is 7.33. The Balaban J connectivity index is 2.53. The first-order valence-corrected chi connectivity index (χ1v) is 6.28. The van der Waals surface area contributed by atoms with Crippen molar-refractivity contribution in [3.63, 3.8) is 0 Å². The van der Waals surface area contributed by atoms with E-state index in [4.69, 9.17) is 0 Å². The second-order valence-corrected chi connectivity index (χ2v) is 4.70. The Kier molecular flexibility index (Phi) is 3.42. The molecule has 0 atom stereocenters. The molecule has 0 heterocycles. The average molecular weight is 263 g/mol. The molecule has 2 aromatic rings. The molecular weight excluding hydrogens is 248 g/mol. The molecule has 0 radical (unpaired) electrons. The van der Waals surface area contributed by atoms with Gasteiger partial charge in [0.1, 0.15) is 0 Å². The minimum absolute atomic E-state index is 1.17. The van der Waals surface area contributed by atoms with Gasteiger partial charge in [-0.15, -0.1) is 0 Å². The van der Waals surface area contributed by atoms with Gasteiger partial charge in [0.15, 0.2) is 0 Å². The zero-order chi connectivity index (χ0) is 10.7. The van der Waals surface area contributed by atoms with Gasteiger partial charge in [0.2, 0.25) is 0 Å². The largest absolute Gasteiger partial charge is 0.0654 e. The molecule has 0 N–H and O–H groups in total. The molecule has 15 heavy (non-hydrogen) atoms. The summed E-state index contributed by atoms with van der Waals surface area (Å²) in [7, 11) is 0. The third kappa shape index (κ3) is 2.23. The summed E-state index contributed by atoms with van der Waals surface area (Å²) in [6, 6.07) is 12.9. The van der Waals surface area contributed by atoms with Crippen molar-refractivity contribution in [1.82, 2.24) is 0 Å². The van der Waals surface area contributed by atoms with Crippen LogP contribution in [-0.4, -0.2) is 0 Å². The quantitative estimate of drug-likeness (QED) is 0.735. The first-order valence-electron chi connectivity index (χ1n) is 5.49. The van der Waals surface area contributed by atoms with Crippen molar-refractivity contribution in [3.05, 3.63) is 46.4 Å². The summed E-state index contributed by atoms with van der Waals surface area (Å²) in [5.74, 6) is 0. The Labute approximate surface area is 99.4 Å². The Hall–Kier alpha value is -0.820. The number of hydrogen-bond donors (Lipinski definition) is 0. The van der Waals surface area contributed by atoms with Crippen LogP contribution in [0.5, 0.6) is 0 Å². The number of halogens is 1. The third-order valence-corrected chi connectivity index (χ3v) is 3.51. The lowest BCUT2D eigenvalue weighted by Gasteiger charge is -2.08. The second-order valence-electron chi connectivity index (χ2n) is 3.85. The van der Waals surface area contributed by atoms with E-state index in [0.29, 0.717) is 0 Å². The molecule has 0 nitrogen and oxygen atoms in total. The molecule has 1 heteroatoms. The van der Waals surface area contributed by atoms with Crippen LogP contribution in [0.25, 0.3) is 10.8 Å². The summed E-state index contributed by atoms with van der Waals surface area (Å²) in [6.07, 6.45) is 3.67. The van der Waals surface area contributed by atoms with Crippen LogP contribution in [0.2, 0.25) is 0 Å². The highest BCUT2D eigenvalue weighted by atomic mass is 79.9. The maximum Gasteiger partial charge on any atom is 0.0213 e. The smallest absolute Gasteiger partial charge is 0.0213 e. The molecule has 78 valence electrons. The molecule has 0 amide bonds. The van der Waals surface area contributed by atoms with Crippen LogP contribution in [0.15, 0.2) is 40.9 Å². The van der Waals surface area contributed by atoms with Crippen LogP contribution >= 0.6 is 15.9 Å². The highest BCUT2D eigenvalue weighted by Gasteiger charge is 2.04. The van der Waals surface area contributed by atoms with Gasteiger partial charge in [-0.05, 0) is 35.2 Å². The average Bonchev–Trinajstić information content (AvgIpc) is 2.28. The van der Waals surface area contributed by atoms with Crippen LogP contribution in [0.4, 0.5) is 0 Å². The SMILES string of the molecule is CCCCc1c(Br)ccc2ccccc12. The zero-order valence-corrected chi connectivity index (χ0v) is 10.5. The van der Waals surface area contributed by atoms with Crippen molar-refractivity contribution in [3.8, 4) is 0 Å². The van der Waals surface area contributed by atoms with Crippen LogP contribution in [0.1, 0.15) is 25.3 Å². The predicted molar refractivity (Wildman–Crippen MR) is 70.3 cm³/mol. The van der Waals surface area contributed by atoms with E-state index in [2.05, 4.69) is 59.3 Å². The van der Waals surface area contributed by atoms with Crippen molar-refractivity contribution in [2.45, 2.75) is 26.2 Å². The van der Waals surface area contributed by atoms with E-state index in [0.717, 1.165) is 0 Å². The summed E-state index contributed by atoms with van der Waals surface area (Å²) in [5, 5.41) is 2.73. The Morgan fingerprint density at radius 1 is 1.07 bits per heavy atom. The van der Waals surface area contributed by atoms with E-state index in [-0.39, 0.29) is 0 Å². The number of unbranched alkanes of at least 4 members (excludes halogenated alkanes) is 1. The predicted octanol–water partition coefficient (Wildman–Crippen LogP) is 4.94. The molecule has 0 saturated heterocycles. The summed E-state index contributed by atoms with van der Waals surface area (Å²) in [4.78, 5) is 0. The van der Waals surface area contributed by atoms with Crippen molar-refractivity contribution in [2.24, 2.45) is 0 Å². The van der Waals surface area contributed by atoms with Crippen molar-refractivity contribution >= 4 is 26.7 Å². The number of rotatable bonds is 3. The molecule has 0 unspecified atom stereocenters. The number of aryl methyl sites for hydroxylation is 1. The fourth-order valence-electron chi connectivity index (χ4n) is 1.92. The number of fused-ring (bicyclic) bond motifs is 1. The maximum atomic E-state index is 3.65. The van der Waals surface area contributed by atoms with Gasteiger partial charge in [-0.3, -0.25) is 0 Å². The van der Waals surface area contributed by atoms with Crippen LogP contribution < -0.4 is 0 Å². The number of hydrogen-bond acceptors (Lipinski definition) is 0. The summed E-state index contributed by atoms with van der Waals surface area (Å²) in [6.45, 7) is 2.24. The zero-order valence-electron chi connectivity index (χ0n) is 8.96. The van der Waals surface area contributed by atoms with Gasteiger partial charge >= 0.3 is 0 Å². The molecular formula is C14H15Br. The van der Waals surface area contributed by atoms with Crippen molar-refractivity contribution in [1.29, 1.82) is 0 Å². The van der Waals surface area contributed by atoms with Gasteiger partial charge in [0.25, 0.3) is 0 Å². The molecule has 2 aromatic carbocycles. The molecule has 0 spiro atoms. The normalized spacial score (nSPS) is 10.8. The van der Waals surface area contributed by atoms with E-state index >= 15 is 0 Å². The van der Waals surface area contributed by atoms with E-state index in [1.807, 2.05) is 0 Å². The molecule has 0 fully saturated rings.